The summed E-state index contributed by atoms with van der Waals surface area (Å²) < 4.78 is 68.5. The van der Waals surface area contributed by atoms with Gasteiger partial charge in [0.15, 0.2) is 7.37 Å². The zero-order chi connectivity index (χ0) is 26.9. The summed E-state index contributed by atoms with van der Waals surface area (Å²) in [6, 6.07) is 0. The number of aliphatic hydroxyl groups is 1. The number of carbonyl (C=O) groups is 1. The topological polar surface area (TPSA) is 130 Å². The van der Waals surface area contributed by atoms with Crippen molar-refractivity contribution in [1.82, 2.24) is 5.32 Å². The number of hydrogen-bond acceptors (Lipinski definition) is 9. The van der Waals surface area contributed by atoms with Crippen LogP contribution in [0.15, 0.2) is 12.2 Å². The predicted molar refractivity (Wildman–Crippen MR) is 130 cm³/mol. The molecule has 0 spiro atoms. The van der Waals surface area contributed by atoms with E-state index >= 15 is 0 Å². The second-order valence-electron chi connectivity index (χ2n) is 8.92. The van der Waals surface area contributed by atoms with Crippen molar-refractivity contribution in [2.24, 2.45) is 0 Å². The van der Waals surface area contributed by atoms with Crippen LogP contribution in [0.5, 0.6) is 0 Å². The Labute approximate surface area is 205 Å². The summed E-state index contributed by atoms with van der Waals surface area (Å²) in [5.74, 6) is -0.150. The van der Waals surface area contributed by atoms with E-state index in [0.29, 0.717) is 24.7 Å². The molecule has 2 aliphatic heterocycles. The molecule has 12 heteroatoms. The van der Waals surface area contributed by atoms with E-state index in [1.54, 1.807) is 13.6 Å². The molecular weight excluding hydrogens is 484 g/mol. The molecule has 2 N–H and O–H groups in total. The van der Waals surface area contributed by atoms with E-state index < -0.39 is 52.5 Å². The lowest BCUT2D eigenvalue weighted by Gasteiger charge is -2.25. The summed E-state index contributed by atoms with van der Waals surface area (Å²) in [7, 11) is -6.49. The fraction of sp³-hybridized carbons (Fsp3) is 0.864. The largest absolute Gasteiger partial charge is 0.390 e. The van der Waals surface area contributed by atoms with Gasteiger partial charge in [-0.15, -0.1) is 0 Å². The highest BCUT2D eigenvalue weighted by molar-refractivity contribution is 7.58. The van der Waals surface area contributed by atoms with Gasteiger partial charge in [-0.05, 0) is 26.2 Å². The van der Waals surface area contributed by atoms with Crippen molar-refractivity contribution in [3.8, 4) is 0 Å². The molecular formula is C22H41NO9P2. The molecule has 198 valence electrons. The number of unbranched alkanes of at least 4 members (excludes halogenated alkanes) is 3. The number of amides is 1. The molecule has 2 saturated heterocycles. The fourth-order valence-electron chi connectivity index (χ4n) is 3.45. The SMILES string of the molecule is [3H]C1CC(O)C(COP(C)(=O)OC2CC([3H])OC2COP(C)(=O)CCCCCCNC(=O)C(=C)C)O1. The Hall–Kier alpha value is -0.570. The lowest BCUT2D eigenvalue weighted by Crippen LogP contribution is -2.29. The lowest BCUT2D eigenvalue weighted by atomic mass is 10.2. The molecule has 2 heterocycles. The van der Waals surface area contributed by atoms with Crippen LogP contribution in [-0.2, 0) is 37.0 Å². The van der Waals surface area contributed by atoms with Crippen LogP contribution < -0.4 is 5.32 Å². The lowest BCUT2D eigenvalue weighted by molar-refractivity contribution is -0.117. The average Bonchev–Trinajstić information content (AvgIpc) is 3.29. The molecule has 10 nitrogen and oxygen atoms in total. The second-order valence-corrected chi connectivity index (χ2v) is 13.7. The number of rotatable bonds is 16. The van der Waals surface area contributed by atoms with Gasteiger partial charge < -0.3 is 33.5 Å². The molecule has 0 saturated carbocycles. The Morgan fingerprint density at radius 1 is 1.09 bits per heavy atom. The van der Waals surface area contributed by atoms with Crippen molar-refractivity contribution in [3.05, 3.63) is 12.2 Å². The van der Waals surface area contributed by atoms with E-state index in [1.165, 1.54) is 6.66 Å². The van der Waals surface area contributed by atoms with Crippen LogP contribution in [-0.4, -0.2) is 87.8 Å². The van der Waals surface area contributed by atoms with Gasteiger partial charge >= 0.3 is 7.60 Å². The highest BCUT2D eigenvalue weighted by Gasteiger charge is 2.37. The molecule has 8 unspecified atom stereocenters. The minimum absolute atomic E-state index is 0.0638. The monoisotopic (exact) mass is 529 g/mol. The van der Waals surface area contributed by atoms with Crippen LogP contribution in [0.4, 0.5) is 0 Å². The van der Waals surface area contributed by atoms with Crippen molar-refractivity contribution in [2.45, 2.75) is 69.9 Å². The number of nitrogens with one attached hydrogen (secondary N) is 1. The Balaban J connectivity index is 1.70. The normalized spacial score (nSPS) is 33.5. The van der Waals surface area contributed by atoms with Gasteiger partial charge in [0.05, 0.1) is 28.2 Å². The first-order valence-electron chi connectivity index (χ1n) is 12.8. The van der Waals surface area contributed by atoms with Gasteiger partial charge in [-0.2, -0.15) is 0 Å². The Morgan fingerprint density at radius 3 is 2.41 bits per heavy atom. The standard InChI is InChI=1S/C22H41NO9P2/c1-17(2)22(25)23-11-7-5-6-8-14-33(3,26)30-16-21-19(10-13-29-21)32-34(4,27)31-15-20-18(24)9-12-28-20/h18-21,24H,1,5-16H2,2-4H3,(H,23,25)/i12T,13T. The summed E-state index contributed by atoms with van der Waals surface area (Å²) in [5.41, 5.74) is 0.477. The van der Waals surface area contributed by atoms with Crippen LogP contribution in [0.2, 0.25) is 0 Å². The quantitative estimate of drug-likeness (QED) is 0.176. The molecule has 0 bridgehead atoms. The summed E-state index contributed by atoms with van der Waals surface area (Å²) in [5, 5.41) is 12.6. The van der Waals surface area contributed by atoms with E-state index in [0.717, 1.165) is 19.3 Å². The number of aliphatic hydroxyl groups excluding tert-OH is 1. The van der Waals surface area contributed by atoms with E-state index in [1.807, 2.05) is 0 Å². The van der Waals surface area contributed by atoms with Crippen molar-refractivity contribution in [3.63, 3.8) is 0 Å². The summed E-state index contributed by atoms with van der Waals surface area (Å²) in [6.07, 6.45) is 0.878. The Morgan fingerprint density at radius 2 is 1.74 bits per heavy atom. The molecule has 2 rings (SSSR count). The summed E-state index contributed by atoms with van der Waals surface area (Å²) >= 11 is 0. The van der Waals surface area contributed by atoms with Gasteiger partial charge in [-0.25, -0.2) is 0 Å². The molecule has 0 aromatic heterocycles. The van der Waals surface area contributed by atoms with Crippen LogP contribution in [0.3, 0.4) is 0 Å². The third-order valence-electron chi connectivity index (χ3n) is 5.53. The second kappa shape index (κ2) is 14.2. The van der Waals surface area contributed by atoms with Gasteiger partial charge in [-0.3, -0.25) is 13.9 Å². The zero-order valence-corrected chi connectivity index (χ0v) is 22.1. The number of carbonyl (C=O) groups excluding carboxylic acids is 1. The smallest absolute Gasteiger partial charge is 0.328 e. The molecule has 8 atom stereocenters. The van der Waals surface area contributed by atoms with Crippen molar-refractivity contribution in [1.29, 1.82) is 0 Å². The van der Waals surface area contributed by atoms with E-state index in [-0.39, 0.29) is 32.0 Å². The van der Waals surface area contributed by atoms with Gasteiger partial charge in [-0.1, -0.05) is 19.4 Å². The van der Waals surface area contributed by atoms with Crippen LogP contribution in [0.25, 0.3) is 0 Å². The minimum Gasteiger partial charge on any atom is -0.390 e. The first-order valence-corrected chi connectivity index (χ1v) is 15.9. The minimum atomic E-state index is -3.58. The molecule has 1 amide bonds. The zero-order valence-electron chi connectivity index (χ0n) is 22.3. The highest BCUT2D eigenvalue weighted by atomic mass is 31.2. The molecule has 0 aromatic carbocycles. The van der Waals surface area contributed by atoms with Gasteiger partial charge in [0.1, 0.15) is 12.2 Å². The third kappa shape index (κ3) is 11.0. The summed E-state index contributed by atoms with van der Waals surface area (Å²) in [4.78, 5) is 11.4. The maximum Gasteiger partial charge on any atom is 0.328 e. The highest BCUT2D eigenvalue weighted by Crippen LogP contribution is 2.49. The third-order valence-corrected chi connectivity index (χ3v) is 8.62. The number of ether oxygens (including phenoxy) is 2. The fourth-order valence-corrected chi connectivity index (χ4v) is 6.03. The predicted octanol–water partition coefficient (Wildman–Crippen LogP) is 3.33. The molecule has 2 aliphatic rings. The Kier molecular flexibility index (Phi) is 11.1. The van der Waals surface area contributed by atoms with E-state index in [9.17, 15) is 19.0 Å². The van der Waals surface area contributed by atoms with Gasteiger partial charge in [0, 0.05) is 51.2 Å². The maximum atomic E-state index is 12.8. The van der Waals surface area contributed by atoms with E-state index in [4.69, 9.17) is 25.8 Å². The van der Waals surface area contributed by atoms with Crippen LogP contribution >= 0.6 is 15.0 Å². The van der Waals surface area contributed by atoms with E-state index in [2.05, 4.69) is 11.9 Å². The van der Waals surface area contributed by atoms with Crippen molar-refractivity contribution < 1.29 is 44.8 Å². The molecule has 0 aromatic rings. The average molecular weight is 530 g/mol. The van der Waals surface area contributed by atoms with Gasteiger partial charge in [0.2, 0.25) is 5.91 Å². The Bertz CT molecular complexity index is 833. The summed E-state index contributed by atoms with van der Waals surface area (Å²) in [6.45, 7) is 6.67. The van der Waals surface area contributed by atoms with Crippen molar-refractivity contribution >= 4 is 20.9 Å². The van der Waals surface area contributed by atoms with Crippen LogP contribution in [0.1, 0.15) is 48.2 Å². The van der Waals surface area contributed by atoms with Crippen molar-refractivity contribution in [2.75, 3.05) is 52.4 Å². The molecule has 2 fully saturated rings. The first-order chi connectivity index (χ1) is 16.8. The molecule has 0 radical (unpaired) electrons. The maximum absolute atomic E-state index is 12.8. The first kappa shape index (κ1) is 26.5. The number of hydrogen-bond donors (Lipinski definition) is 2. The molecule has 34 heavy (non-hydrogen) atoms. The molecule has 0 aliphatic carbocycles. The van der Waals surface area contributed by atoms with Gasteiger partial charge in [0.25, 0.3) is 0 Å². The van der Waals surface area contributed by atoms with Crippen LogP contribution in [0, 0.1) is 0 Å².